The van der Waals surface area contributed by atoms with E-state index in [0.717, 1.165) is 0 Å². The van der Waals surface area contributed by atoms with Crippen LogP contribution in [-0.4, -0.2) is 30.6 Å². The van der Waals surface area contributed by atoms with Crippen molar-refractivity contribution in [3.8, 4) is 0 Å². The smallest absolute Gasteiger partial charge is 0.335 e. The Morgan fingerprint density at radius 3 is 2.61 bits per heavy atom. The molecule has 1 atom stereocenters. The van der Waals surface area contributed by atoms with Crippen LogP contribution in [0.5, 0.6) is 0 Å². The topological polar surface area (TPSA) is 78.4 Å². The predicted octanol–water partition coefficient (Wildman–Crippen LogP) is 1.94. The van der Waals surface area contributed by atoms with Gasteiger partial charge < -0.3 is 15.7 Å². The first-order chi connectivity index (χ1) is 8.45. The number of hydrogen-bond acceptors (Lipinski definition) is 3. The van der Waals surface area contributed by atoms with Crippen molar-refractivity contribution >= 4 is 33.5 Å². The maximum atomic E-state index is 11.8. The zero-order chi connectivity index (χ0) is 13.7. The summed E-state index contributed by atoms with van der Waals surface area (Å²) in [6.45, 7) is 2.39. The van der Waals surface area contributed by atoms with E-state index in [1.807, 2.05) is 6.92 Å². The zero-order valence-corrected chi connectivity index (χ0v) is 11.7. The molecule has 98 valence electrons. The number of carboxylic acid groups (broad SMARTS) is 1. The molecule has 1 aromatic rings. The molecule has 0 aromatic heterocycles. The number of nitrogens with one attached hydrogen (secondary N) is 2. The van der Waals surface area contributed by atoms with E-state index in [9.17, 15) is 9.59 Å². The molecule has 3 N–H and O–H groups in total. The third kappa shape index (κ3) is 3.82. The molecule has 0 aliphatic rings. The first-order valence-corrected chi connectivity index (χ1v) is 6.23. The van der Waals surface area contributed by atoms with Gasteiger partial charge in [0.1, 0.15) is 0 Å². The Hall–Kier alpha value is -1.40. The van der Waals surface area contributed by atoms with E-state index in [1.54, 1.807) is 13.1 Å². The van der Waals surface area contributed by atoms with Crippen LogP contribution in [0, 0.1) is 5.92 Å². The van der Waals surface area contributed by atoms with Crippen molar-refractivity contribution in [2.75, 3.05) is 18.9 Å². The van der Waals surface area contributed by atoms with E-state index in [2.05, 4.69) is 26.6 Å². The molecule has 18 heavy (non-hydrogen) atoms. The average molecular weight is 315 g/mol. The van der Waals surface area contributed by atoms with E-state index in [4.69, 9.17) is 5.11 Å². The molecule has 0 saturated heterocycles. The summed E-state index contributed by atoms with van der Waals surface area (Å²) in [5, 5.41) is 14.5. The van der Waals surface area contributed by atoms with Gasteiger partial charge in [-0.05, 0) is 41.2 Å². The van der Waals surface area contributed by atoms with Crippen LogP contribution in [-0.2, 0) is 4.79 Å². The van der Waals surface area contributed by atoms with Gasteiger partial charge in [0.25, 0.3) is 0 Å². The first kappa shape index (κ1) is 14.7. The van der Waals surface area contributed by atoms with Crippen LogP contribution in [0.25, 0.3) is 0 Å². The zero-order valence-electron chi connectivity index (χ0n) is 10.2. The normalized spacial score (nSPS) is 11.9. The quantitative estimate of drug-likeness (QED) is 0.776. The number of hydrogen-bond donors (Lipinski definition) is 3. The second-order valence-electron chi connectivity index (χ2n) is 3.95. The number of amides is 1. The fraction of sp³-hybridized carbons (Fsp3) is 0.333. The SMILES string of the molecule is CNCC(C)C(=O)Nc1ccc(C(=O)O)cc1Br. The van der Waals surface area contributed by atoms with Gasteiger partial charge in [0.2, 0.25) is 5.91 Å². The van der Waals surface area contributed by atoms with E-state index < -0.39 is 5.97 Å². The van der Waals surface area contributed by atoms with Crippen LogP contribution in [0.1, 0.15) is 17.3 Å². The fourth-order valence-electron chi connectivity index (χ4n) is 1.40. The summed E-state index contributed by atoms with van der Waals surface area (Å²) in [6.07, 6.45) is 0. The van der Waals surface area contributed by atoms with Crippen molar-refractivity contribution in [2.45, 2.75) is 6.92 Å². The number of carbonyl (C=O) groups excluding carboxylic acids is 1. The molecule has 5 nitrogen and oxygen atoms in total. The first-order valence-electron chi connectivity index (χ1n) is 5.44. The van der Waals surface area contributed by atoms with Gasteiger partial charge in [0.05, 0.1) is 11.3 Å². The van der Waals surface area contributed by atoms with Crippen LogP contribution in [0.2, 0.25) is 0 Å². The molecule has 0 aliphatic heterocycles. The molecule has 6 heteroatoms. The van der Waals surface area contributed by atoms with Crippen molar-refractivity contribution < 1.29 is 14.7 Å². The van der Waals surface area contributed by atoms with Gasteiger partial charge in [0.15, 0.2) is 0 Å². The van der Waals surface area contributed by atoms with Gasteiger partial charge in [-0.3, -0.25) is 4.79 Å². The third-order valence-corrected chi connectivity index (χ3v) is 3.09. The van der Waals surface area contributed by atoms with Crippen LogP contribution in [0.15, 0.2) is 22.7 Å². The Balaban J connectivity index is 2.79. The average Bonchev–Trinajstić information content (AvgIpc) is 2.31. The van der Waals surface area contributed by atoms with Gasteiger partial charge in [-0.1, -0.05) is 6.92 Å². The summed E-state index contributed by atoms with van der Waals surface area (Å²) in [7, 11) is 1.78. The molecular weight excluding hydrogens is 300 g/mol. The third-order valence-electron chi connectivity index (χ3n) is 2.43. The maximum absolute atomic E-state index is 11.8. The Morgan fingerprint density at radius 2 is 2.11 bits per heavy atom. The lowest BCUT2D eigenvalue weighted by Crippen LogP contribution is -2.28. The molecule has 0 radical (unpaired) electrons. The number of halogens is 1. The van der Waals surface area contributed by atoms with E-state index in [-0.39, 0.29) is 17.4 Å². The Morgan fingerprint density at radius 1 is 1.44 bits per heavy atom. The van der Waals surface area contributed by atoms with Crippen molar-refractivity contribution in [1.29, 1.82) is 0 Å². The van der Waals surface area contributed by atoms with E-state index >= 15 is 0 Å². The molecule has 0 bridgehead atoms. The van der Waals surface area contributed by atoms with Crippen molar-refractivity contribution in [3.05, 3.63) is 28.2 Å². The van der Waals surface area contributed by atoms with Gasteiger partial charge in [0, 0.05) is 16.9 Å². The summed E-state index contributed by atoms with van der Waals surface area (Å²) in [4.78, 5) is 22.5. The van der Waals surface area contributed by atoms with Crippen LogP contribution in [0.3, 0.4) is 0 Å². The van der Waals surface area contributed by atoms with E-state index in [0.29, 0.717) is 16.7 Å². The van der Waals surface area contributed by atoms with Gasteiger partial charge in [-0.25, -0.2) is 4.79 Å². The van der Waals surface area contributed by atoms with Crippen molar-refractivity contribution in [3.63, 3.8) is 0 Å². The van der Waals surface area contributed by atoms with Crippen LogP contribution in [0.4, 0.5) is 5.69 Å². The highest BCUT2D eigenvalue weighted by atomic mass is 79.9. The van der Waals surface area contributed by atoms with Gasteiger partial charge in [-0.2, -0.15) is 0 Å². The highest BCUT2D eigenvalue weighted by Crippen LogP contribution is 2.24. The number of carbonyl (C=O) groups is 2. The van der Waals surface area contributed by atoms with E-state index in [1.165, 1.54) is 12.1 Å². The van der Waals surface area contributed by atoms with Crippen molar-refractivity contribution in [1.82, 2.24) is 5.32 Å². The van der Waals surface area contributed by atoms with Crippen LogP contribution < -0.4 is 10.6 Å². The lowest BCUT2D eigenvalue weighted by Gasteiger charge is -2.13. The highest BCUT2D eigenvalue weighted by Gasteiger charge is 2.14. The molecule has 0 spiro atoms. The minimum Gasteiger partial charge on any atom is -0.478 e. The summed E-state index contributed by atoms with van der Waals surface area (Å²) in [5.41, 5.74) is 0.733. The molecule has 1 aromatic carbocycles. The lowest BCUT2D eigenvalue weighted by atomic mass is 10.1. The molecule has 0 heterocycles. The van der Waals surface area contributed by atoms with Gasteiger partial charge >= 0.3 is 5.97 Å². The number of anilines is 1. The molecule has 0 saturated carbocycles. The number of carboxylic acids is 1. The minimum atomic E-state index is -1.00. The summed E-state index contributed by atoms with van der Waals surface area (Å²) in [6, 6.07) is 4.48. The number of aromatic carboxylic acids is 1. The van der Waals surface area contributed by atoms with Crippen molar-refractivity contribution in [2.24, 2.45) is 5.92 Å². The largest absolute Gasteiger partial charge is 0.478 e. The molecule has 1 amide bonds. The Labute approximate surface area is 114 Å². The highest BCUT2D eigenvalue weighted by molar-refractivity contribution is 9.10. The molecule has 1 unspecified atom stereocenters. The summed E-state index contributed by atoms with van der Waals surface area (Å²) in [5.74, 6) is -1.29. The Kier molecular flexibility index (Phi) is 5.30. The van der Waals surface area contributed by atoms with Crippen LogP contribution >= 0.6 is 15.9 Å². The second-order valence-corrected chi connectivity index (χ2v) is 4.80. The van der Waals surface area contributed by atoms with Gasteiger partial charge in [-0.15, -0.1) is 0 Å². The molecule has 0 aliphatic carbocycles. The monoisotopic (exact) mass is 314 g/mol. The number of benzene rings is 1. The maximum Gasteiger partial charge on any atom is 0.335 e. The standard InChI is InChI=1S/C12H15BrN2O3/c1-7(6-14-2)11(16)15-10-4-3-8(12(17)18)5-9(10)13/h3-5,7,14H,6H2,1-2H3,(H,15,16)(H,17,18). The lowest BCUT2D eigenvalue weighted by molar-refractivity contribution is -0.119. The predicted molar refractivity (Wildman–Crippen MR) is 72.8 cm³/mol. The summed E-state index contributed by atoms with van der Waals surface area (Å²) < 4.78 is 0.549. The molecular formula is C12H15BrN2O3. The Bertz CT molecular complexity index is 463. The molecule has 0 fully saturated rings. The minimum absolute atomic E-state index is 0.117. The summed E-state index contributed by atoms with van der Waals surface area (Å²) >= 11 is 3.24. The number of rotatable bonds is 5. The molecule has 1 rings (SSSR count). The fourth-order valence-corrected chi connectivity index (χ4v) is 1.88. The second kappa shape index (κ2) is 6.51.